The molecule has 0 spiro atoms. The van der Waals surface area contributed by atoms with Crippen molar-refractivity contribution in [2.24, 2.45) is 0 Å². The summed E-state index contributed by atoms with van der Waals surface area (Å²) < 4.78 is 14.1. The molecule has 33 heavy (non-hydrogen) atoms. The summed E-state index contributed by atoms with van der Waals surface area (Å²) in [5, 5.41) is 13.9. The predicted molar refractivity (Wildman–Crippen MR) is 126 cm³/mol. The number of aromatic nitrogens is 2. The summed E-state index contributed by atoms with van der Waals surface area (Å²) in [6.07, 6.45) is 2.27. The van der Waals surface area contributed by atoms with E-state index in [1.807, 2.05) is 13.8 Å². The fraction of sp³-hybridized carbons (Fsp3) is 0.542. The topological polar surface area (TPSA) is 81.6 Å². The van der Waals surface area contributed by atoms with Crippen LogP contribution in [0.4, 0.5) is 10.2 Å². The second kappa shape index (κ2) is 10.0. The van der Waals surface area contributed by atoms with Crippen LogP contribution in [0, 0.1) is 5.82 Å². The predicted octanol–water partition coefficient (Wildman–Crippen LogP) is 3.24. The van der Waals surface area contributed by atoms with Crippen LogP contribution in [0.1, 0.15) is 62.0 Å². The molecule has 2 heterocycles. The second-order valence-electron chi connectivity index (χ2n) is 9.27. The molecule has 0 radical (unpaired) electrons. The normalized spacial score (nSPS) is 22.9. The minimum atomic E-state index is -0.538. The summed E-state index contributed by atoms with van der Waals surface area (Å²) in [7, 11) is 0. The van der Waals surface area contributed by atoms with Gasteiger partial charge in [0.25, 0.3) is 0 Å². The van der Waals surface area contributed by atoms with Crippen molar-refractivity contribution in [3.8, 4) is 0 Å². The maximum atomic E-state index is 14.1. The van der Waals surface area contributed by atoms with Crippen LogP contribution in [-0.2, 0) is 4.79 Å². The zero-order valence-corrected chi connectivity index (χ0v) is 20.0. The van der Waals surface area contributed by atoms with E-state index in [1.165, 1.54) is 18.5 Å². The number of carbonyl (C=O) groups is 1. The zero-order chi connectivity index (χ0) is 23.7. The molecule has 1 aromatic heterocycles. The van der Waals surface area contributed by atoms with Gasteiger partial charge in [0.05, 0.1) is 28.9 Å². The van der Waals surface area contributed by atoms with Crippen LogP contribution >= 0.6 is 11.6 Å². The van der Waals surface area contributed by atoms with E-state index in [4.69, 9.17) is 11.6 Å². The number of rotatable bonds is 7. The minimum absolute atomic E-state index is 0.0436. The van der Waals surface area contributed by atoms with E-state index in [9.17, 15) is 14.3 Å². The molecule has 178 valence electrons. The van der Waals surface area contributed by atoms with Crippen molar-refractivity contribution in [1.29, 1.82) is 0 Å². The lowest BCUT2D eigenvalue weighted by Crippen LogP contribution is -2.58. The summed E-state index contributed by atoms with van der Waals surface area (Å²) >= 11 is 5.85. The van der Waals surface area contributed by atoms with E-state index in [1.54, 1.807) is 6.07 Å². The lowest BCUT2D eigenvalue weighted by atomic mass is 9.95. The highest BCUT2D eigenvalue weighted by molar-refractivity contribution is 6.30. The third-order valence-corrected chi connectivity index (χ3v) is 6.91. The Morgan fingerprint density at radius 3 is 2.61 bits per heavy atom. The van der Waals surface area contributed by atoms with Gasteiger partial charge in [-0.05, 0) is 43.9 Å². The van der Waals surface area contributed by atoms with Crippen LogP contribution in [0.25, 0.3) is 0 Å². The summed E-state index contributed by atoms with van der Waals surface area (Å²) in [5.74, 6) is 0.0369. The first-order chi connectivity index (χ1) is 15.8. The third kappa shape index (κ3) is 4.89. The van der Waals surface area contributed by atoms with E-state index in [2.05, 4.69) is 32.0 Å². The molecule has 0 bridgehead atoms. The molecule has 2 aliphatic rings. The quantitative estimate of drug-likeness (QED) is 0.595. The van der Waals surface area contributed by atoms with Gasteiger partial charge < -0.3 is 14.8 Å². The first-order valence-corrected chi connectivity index (χ1v) is 11.9. The Labute approximate surface area is 199 Å². The average Bonchev–Trinajstić information content (AvgIpc) is 3.09. The monoisotopic (exact) mass is 475 g/mol. The average molecular weight is 476 g/mol. The Morgan fingerprint density at radius 2 is 1.97 bits per heavy atom. The van der Waals surface area contributed by atoms with E-state index >= 15 is 0 Å². The van der Waals surface area contributed by atoms with Crippen molar-refractivity contribution >= 4 is 23.7 Å². The number of piperazine rings is 1. The number of nitrogens with zero attached hydrogens (tertiary/aromatic N) is 4. The molecule has 0 saturated carbocycles. The highest BCUT2D eigenvalue weighted by Gasteiger charge is 2.36. The fourth-order valence-electron chi connectivity index (χ4n) is 5.00. The molecule has 1 fully saturated rings. The van der Waals surface area contributed by atoms with Crippen LogP contribution < -0.4 is 10.2 Å². The summed E-state index contributed by atoms with van der Waals surface area (Å²) in [6.45, 7) is 9.03. The molecule has 0 amide bonds. The molecular formula is C24H31ClFN5O2. The SMILES string of the molecule is CC(C)NC(C(C=O)c1ccc(Cl)c(F)c1)N1CCN(c2ncnc3c2[C@H](C)C[C@@H]3O)CC1. The van der Waals surface area contributed by atoms with Crippen LogP contribution in [0.5, 0.6) is 0 Å². The van der Waals surface area contributed by atoms with Crippen molar-refractivity contribution in [3.05, 3.63) is 52.2 Å². The Bertz CT molecular complexity index is 999. The number of carbonyl (C=O) groups excluding carboxylic acids is 1. The fourth-order valence-corrected chi connectivity index (χ4v) is 5.12. The molecule has 4 atom stereocenters. The smallest absolute Gasteiger partial charge is 0.142 e. The number of nitrogens with one attached hydrogen (secondary N) is 1. The molecule has 9 heteroatoms. The van der Waals surface area contributed by atoms with Crippen molar-refractivity contribution in [1.82, 2.24) is 20.2 Å². The first kappa shape index (κ1) is 24.0. The van der Waals surface area contributed by atoms with Gasteiger partial charge in [0.2, 0.25) is 0 Å². The van der Waals surface area contributed by atoms with Crippen LogP contribution in [0.15, 0.2) is 24.5 Å². The van der Waals surface area contributed by atoms with Gasteiger partial charge in [-0.15, -0.1) is 0 Å². The highest BCUT2D eigenvalue weighted by atomic mass is 35.5. The molecule has 7 nitrogen and oxygen atoms in total. The molecule has 2 aromatic rings. The lowest BCUT2D eigenvalue weighted by molar-refractivity contribution is -0.111. The van der Waals surface area contributed by atoms with Crippen molar-refractivity contribution in [2.45, 2.75) is 57.3 Å². The van der Waals surface area contributed by atoms with Gasteiger partial charge in [-0.3, -0.25) is 10.2 Å². The highest BCUT2D eigenvalue weighted by Crippen LogP contribution is 2.42. The van der Waals surface area contributed by atoms with Gasteiger partial charge >= 0.3 is 0 Å². The van der Waals surface area contributed by atoms with E-state index < -0.39 is 17.8 Å². The van der Waals surface area contributed by atoms with Gasteiger partial charge in [0, 0.05) is 37.8 Å². The van der Waals surface area contributed by atoms with Gasteiger partial charge in [0.1, 0.15) is 24.2 Å². The van der Waals surface area contributed by atoms with Gasteiger partial charge in [-0.2, -0.15) is 0 Å². The van der Waals surface area contributed by atoms with Crippen molar-refractivity contribution < 1.29 is 14.3 Å². The van der Waals surface area contributed by atoms with Gasteiger partial charge in [-0.1, -0.05) is 24.6 Å². The number of hydrogen-bond acceptors (Lipinski definition) is 7. The van der Waals surface area contributed by atoms with Gasteiger partial charge in [0.15, 0.2) is 0 Å². The number of fused-ring (bicyclic) bond motifs is 1. The van der Waals surface area contributed by atoms with Crippen molar-refractivity contribution in [3.63, 3.8) is 0 Å². The Kier molecular flexibility index (Phi) is 7.28. The standard InChI is InChI=1S/C24H31ClFN5O2/c1-14(2)29-23(17(12-32)16-4-5-18(25)19(26)11-16)30-6-8-31(9-7-30)24-21-15(3)10-20(33)22(21)27-13-28-24/h4-5,11-15,17,20,23,29,33H,6-10H2,1-3H3/t15-,17?,20+,23?/m1/s1. The van der Waals surface area contributed by atoms with E-state index in [-0.39, 0.29) is 23.1 Å². The van der Waals surface area contributed by atoms with E-state index in [0.29, 0.717) is 25.1 Å². The number of anilines is 1. The molecule has 4 rings (SSSR count). The first-order valence-electron chi connectivity index (χ1n) is 11.5. The Morgan fingerprint density at radius 1 is 1.24 bits per heavy atom. The Hall–Kier alpha value is -2.13. The lowest BCUT2D eigenvalue weighted by Gasteiger charge is -2.43. The number of halogens is 2. The third-order valence-electron chi connectivity index (χ3n) is 6.61. The number of hydrogen-bond donors (Lipinski definition) is 2. The largest absolute Gasteiger partial charge is 0.387 e. The van der Waals surface area contributed by atoms with Crippen LogP contribution in [-0.4, -0.2) is 64.6 Å². The molecule has 1 aliphatic heterocycles. The van der Waals surface area contributed by atoms with Crippen LogP contribution in [0.2, 0.25) is 5.02 Å². The molecule has 1 aromatic carbocycles. The molecule has 2 N–H and O–H groups in total. The summed E-state index contributed by atoms with van der Waals surface area (Å²) in [4.78, 5) is 25.5. The summed E-state index contributed by atoms with van der Waals surface area (Å²) in [5.41, 5.74) is 2.38. The molecular weight excluding hydrogens is 445 g/mol. The minimum Gasteiger partial charge on any atom is -0.387 e. The van der Waals surface area contributed by atoms with Crippen LogP contribution in [0.3, 0.4) is 0 Å². The Balaban J connectivity index is 1.54. The zero-order valence-electron chi connectivity index (χ0n) is 19.2. The summed E-state index contributed by atoms with van der Waals surface area (Å²) in [6, 6.07) is 4.70. The second-order valence-corrected chi connectivity index (χ2v) is 9.68. The number of benzene rings is 1. The molecule has 1 aliphatic carbocycles. The van der Waals surface area contributed by atoms with Gasteiger partial charge in [-0.25, -0.2) is 14.4 Å². The maximum absolute atomic E-state index is 14.1. The number of aliphatic hydroxyl groups excluding tert-OH is 1. The number of aldehydes is 1. The van der Waals surface area contributed by atoms with E-state index in [0.717, 1.165) is 36.5 Å². The van der Waals surface area contributed by atoms with Crippen molar-refractivity contribution in [2.75, 3.05) is 31.1 Å². The molecule has 1 saturated heterocycles. The maximum Gasteiger partial charge on any atom is 0.142 e. The number of aliphatic hydroxyl groups is 1. The molecule has 2 unspecified atom stereocenters.